The normalized spacial score (nSPS) is 16.5. The van der Waals surface area contributed by atoms with Crippen LogP contribution in [0.2, 0.25) is 0 Å². The van der Waals surface area contributed by atoms with Gasteiger partial charge in [0.15, 0.2) is 0 Å². The Morgan fingerprint density at radius 3 is 2.55 bits per heavy atom. The number of carbonyl (C=O) groups excluding carboxylic acids is 1. The molecule has 1 aliphatic rings. The molecule has 0 radical (unpaired) electrons. The average Bonchev–Trinajstić information content (AvgIpc) is 3.28. The minimum Gasteiger partial charge on any atom is -0.338 e. The Balaban J connectivity index is 1.37. The van der Waals surface area contributed by atoms with Gasteiger partial charge in [-0.25, -0.2) is 14.5 Å². The zero-order chi connectivity index (χ0) is 20.6. The van der Waals surface area contributed by atoms with Crippen LogP contribution >= 0.6 is 0 Å². The summed E-state index contributed by atoms with van der Waals surface area (Å²) in [5.74, 6) is 0. The molecule has 3 rings (SSSR count). The minimum absolute atomic E-state index is 0.00913. The molecule has 0 aliphatic carbocycles. The fourth-order valence-corrected chi connectivity index (χ4v) is 3.50. The Morgan fingerprint density at radius 2 is 1.90 bits per heavy atom. The number of unbranched alkanes of at least 4 members (excludes halogenated alkanes) is 1. The second-order valence-electron chi connectivity index (χ2n) is 7.80. The van der Waals surface area contributed by atoms with Crippen molar-refractivity contribution in [3.05, 3.63) is 42.5 Å². The second kappa shape index (κ2) is 10.4. The number of likely N-dealkylation sites (N-methyl/N-ethyl adjacent to an activating group) is 1. The van der Waals surface area contributed by atoms with Crippen LogP contribution in [0, 0.1) is 0 Å². The van der Waals surface area contributed by atoms with Crippen molar-refractivity contribution < 1.29 is 4.79 Å². The zero-order valence-electron chi connectivity index (χ0n) is 17.8. The number of amides is 2. The van der Waals surface area contributed by atoms with Crippen LogP contribution in [-0.4, -0.2) is 88.9 Å². The zero-order valence-corrected chi connectivity index (χ0v) is 17.8. The molecule has 1 aromatic heterocycles. The number of aromatic nitrogens is 3. The van der Waals surface area contributed by atoms with Crippen molar-refractivity contribution in [3.63, 3.8) is 0 Å². The van der Waals surface area contributed by atoms with Gasteiger partial charge < -0.3 is 20.0 Å². The van der Waals surface area contributed by atoms with Crippen LogP contribution in [0.3, 0.4) is 0 Å². The van der Waals surface area contributed by atoms with Gasteiger partial charge in [0, 0.05) is 39.8 Å². The number of hydrogen-bond donors (Lipinski definition) is 1. The third-order valence-electron chi connectivity index (χ3n) is 5.73. The van der Waals surface area contributed by atoms with Gasteiger partial charge in [0.2, 0.25) is 0 Å². The number of rotatable bonds is 8. The maximum Gasteiger partial charge on any atom is 0.317 e. The molecule has 2 aromatic rings. The van der Waals surface area contributed by atoms with Gasteiger partial charge in [-0.2, -0.15) is 5.10 Å². The number of nitrogens with one attached hydrogen (secondary N) is 1. The predicted octanol–water partition coefficient (Wildman–Crippen LogP) is 2.00. The van der Waals surface area contributed by atoms with Crippen LogP contribution in [-0.2, 0) is 0 Å². The smallest absolute Gasteiger partial charge is 0.317 e. The first kappa shape index (κ1) is 21.3. The minimum atomic E-state index is -0.0301. The maximum atomic E-state index is 12.5. The van der Waals surface area contributed by atoms with Crippen molar-refractivity contribution in [1.29, 1.82) is 0 Å². The van der Waals surface area contributed by atoms with E-state index in [9.17, 15) is 4.79 Å². The molecule has 158 valence electrons. The Hall–Kier alpha value is -2.45. The highest BCUT2D eigenvalue weighted by Crippen LogP contribution is 2.20. The van der Waals surface area contributed by atoms with Gasteiger partial charge in [0.25, 0.3) is 0 Å². The van der Waals surface area contributed by atoms with Crippen molar-refractivity contribution in [1.82, 2.24) is 34.8 Å². The molecule has 1 N–H and O–H groups in total. The van der Waals surface area contributed by atoms with E-state index in [1.807, 2.05) is 38.2 Å². The largest absolute Gasteiger partial charge is 0.338 e. The molecular formula is C21H33N7O. The van der Waals surface area contributed by atoms with E-state index >= 15 is 0 Å². The second-order valence-corrected chi connectivity index (χ2v) is 7.80. The monoisotopic (exact) mass is 399 g/mol. The van der Waals surface area contributed by atoms with E-state index < -0.39 is 0 Å². The standard InChI is InChI=1S/C21H33N7O/c1-18(19-6-8-20(9-7-19)28-17-22-16-24-28)26(3)21(29)23-10-4-5-11-27-14-12-25(2)13-15-27/h6-9,16-18H,4-5,10-15H2,1-3H3,(H,23,29). The first-order valence-corrected chi connectivity index (χ1v) is 10.4. The summed E-state index contributed by atoms with van der Waals surface area (Å²) in [4.78, 5) is 23.1. The van der Waals surface area contributed by atoms with Gasteiger partial charge in [0.1, 0.15) is 12.7 Å². The topological polar surface area (TPSA) is 69.5 Å². The molecule has 1 atom stereocenters. The summed E-state index contributed by atoms with van der Waals surface area (Å²) in [5.41, 5.74) is 2.03. The average molecular weight is 400 g/mol. The Labute approximate surface area is 173 Å². The molecule has 1 saturated heterocycles. The van der Waals surface area contributed by atoms with Crippen LogP contribution in [0.4, 0.5) is 4.79 Å². The molecule has 1 unspecified atom stereocenters. The van der Waals surface area contributed by atoms with Crippen LogP contribution in [0.5, 0.6) is 0 Å². The van der Waals surface area contributed by atoms with Crippen LogP contribution < -0.4 is 5.32 Å². The van der Waals surface area contributed by atoms with Crippen molar-refractivity contribution in [2.75, 3.05) is 53.4 Å². The quantitative estimate of drug-likeness (QED) is 0.688. The maximum absolute atomic E-state index is 12.5. The number of benzene rings is 1. The lowest BCUT2D eigenvalue weighted by Crippen LogP contribution is -2.44. The van der Waals surface area contributed by atoms with Crippen molar-refractivity contribution in [2.24, 2.45) is 0 Å². The molecule has 0 bridgehead atoms. The fourth-order valence-electron chi connectivity index (χ4n) is 3.50. The molecule has 1 fully saturated rings. The summed E-state index contributed by atoms with van der Waals surface area (Å²) in [5, 5.41) is 7.18. The number of nitrogens with zero attached hydrogens (tertiary/aromatic N) is 6. The number of piperazine rings is 1. The lowest BCUT2D eigenvalue weighted by molar-refractivity contribution is 0.152. The molecule has 0 spiro atoms. The van der Waals surface area contributed by atoms with Gasteiger partial charge in [-0.15, -0.1) is 0 Å². The third-order valence-corrected chi connectivity index (χ3v) is 5.73. The van der Waals surface area contributed by atoms with E-state index in [2.05, 4.69) is 32.2 Å². The summed E-state index contributed by atoms with van der Waals surface area (Å²) in [7, 11) is 4.02. The lowest BCUT2D eigenvalue weighted by Gasteiger charge is -2.32. The number of hydrogen-bond acceptors (Lipinski definition) is 5. The van der Waals surface area contributed by atoms with Gasteiger partial charge >= 0.3 is 6.03 Å². The molecule has 29 heavy (non-hydrogen) atoms. The van der Waals surface area contributed by atoms with Gasteiger partial charge in [-0.05, 0) is 51.1 Å². The summed E-state index contributed by atoms with van der Waals surface area (Å²) in [6.45, 7) is 8.48. The number of carbonyl (C=O) groups is 1. The first-order valence-electron chi connectivity index (χ1n) is 10.4. The highest BCUT2D eigenvalue weighted by atomic mass is 16.2. The Kier molecular flexibility index (Phi) is 7.60. The predicted molar refractivity (Wildman–Crippen MR) is 114 cm³/mol. The summed E-state index contributed by atoms with van der Waals surface area (Å²) < 4.78 is 1.72. The highest BCUT2D eigenvalue weighted by Gasteiger charge is 2.17. The van der Waals surface area contributed by atoms with Gasteiger partial charge in [-0.3, -0.25) is 0 Å². The summed E-state index contributed by atoms with van der Waals surface area (Å²) in [6.07, 6.45) is 5.31. The Morgan fingerprint density at radius 1 is 1.17 bits per heavy atom. The van der Waals surface area contributed by atoms with Gasteiger partial charge in [-0.1, -0.05) is 12.1 Å². The van der Waals surface area contributed by atoms with E-state index in [-0.39, 0.29) is 12.1 Å². The molecule has 1 aromatic carbocycles. The molecule has 2 amide bonds. The van der Waals surface area contributed by atoms with Crippen molar-refractivity contribution in [2.45, 2.75) is 25.8 Å². The fraction of sp³-hybridized carbons (Fsp3) is 0.571. The van der Waals surface area contributed by atoms with Crippen LogP contribution in [0.15, 0.2) is 36.9 Å². The van der Waals surface area contributed by atoms with E-state index in [0.29, 0.717) is 0 Å². The molecule has 8 nitrogen and oxygen atoms in total. The summed E-state index contributed by atoms with van der Waals surface area (Å²) >= 11 is 0. The van der Waals surface area contributed by atoms with E-state index in [1.54, 1.807) is 15.9 Å². The first-order chi connectivity index (χ1) is 14.0. The van der Waals surface area contributed by atoms with E-state index in [4.69, 9.17) is 0 Å². The SMILES string of the molecule is CC(c1ccc(-n2cncn2)cc1)N(C)C(=O)NCCCCN1CCN(C)CC1. The number of urea groups is 1. The van der Waals surface area contributed by atoms with Crippen LogP contribution in [0.1, 0.15) is 31.4 Å². The third kappa shape index (κ3) is 6.01. The van der Waals surface area contributed by atoms with Crippen molar-refractivity contribution in [3.8, 4) is 5.69 Å². The van der Waals surface area contributed by atoms with Crippen molar-refractivity contribution >= 4 is 6.03 Å². The van der Waals surface area contributed by atoms with Gasteiger partial charge in [0.05, 0.1) is 11.7 Å². The van der Waals surface area contributed by atoms with E-state index in [0.717, 1.165) is 63.4 Å². The molecule has 2 heterocycles. The van der Waals surface area contributed by atoms with Crippen LogP contribution in [0.25, 0.3) is 5.69 Å². The summed E-state index contributed by atoms with van der Waals surface area (Å²) in [6, 6.07) is 8.00. The molecular weight excluding hydrogens is 366 g/mol. The lowest BCUT2D eigenvalue weighted by atomic mass is 10.1. The molecule has 0 saturated carbocycles. The molecule has 8 heteroatoms. The molecule has 1 aliphatic heterocycles. The Bertz CT molecular complexity index is 739. The highest BCUT2D eigenvalue weighted by molar-refractivity contribution is 5.74. The van der Waals surface area contributed by atoms with E-state index in [1.165, 1.54) is 6.33 Å².